The van der Waals surface area contributed by atoms with Crippen LogP contribution in [-0.2, 0) is 6.42 Å². The Morgan fingerprint density at radius 1 is 1.14 bits per heavy atom. The molecule has 21 heavy (non-hydrogen) atoms. The summed E-state index contributed by atoms with van der Waals surface area (Å²) >= 11 is 5.82. The standard InChI is InChI=1S/C17H18ClF2N/c1-2-21-11-14(12-5-3-7-15(19)10-12)9-13-6-4-8-16(18)17(13)20/h3-8,10,14,21H,2,9,11H2,1H3. The first-order valence-electron chi connectivity index (χ1n) is 7.01. The van der Waals surface area contributed by atoms with Crippen LogP contribution in [0.5, 0.6) is 0 Å². The number of likely N-dealkylation sites (N-methyl/N-ethyl adjacent to an activating group) is 1. The van der Waals surface area contributed by atoms with E-state index in [1.54, 1.807) is 18.2 Å². The fraction of sp³-hybridized carbons (Fsp3) is 0.294. The number of benzene rings is 2. The second-order valence-corrected chi connectivity index (χ2v) is 5.38. The molecule has 0 aliphatic rings. The Morgan fingerprint density at radius 2 is 1.90 bits per heavy atom. The lowest BCUT2D eigenvalue weighted by atomic mass is 9.91. The highest BCUT2D eigenvalue weighted by Gasteiger charge is 2.16. The van der Waals surface area contributed by atoms with E-state index in [-0.39, 0.29) is 16.8 Å². The van der Waals surface area contributed by atoms with Crippen molar-refractivity contribution in [1.82, 2.24) is 5.32 Å². The first-order valence-corrected chi connectivity index (χ1v) is 7.38. The fourth-order valence-electron chi connectivity index (χ4n) is 2.36. The summed E-state index contributed by atoms with van der Waals surface area (Å²) in [4.78, 5) is 0. The van der Waals surface area contributed by atoms with Gasteiger partial charge in [-0.25, -0.2) is 8.78 Å². The van der Waals surface area contributed by atoms with E-state index in [1.165, 1.54) is 18.2 Å². The molecule has 0 heterocycles. The van der Waals surface area contributed by atoms with Crippen LogP contribution >= 0.6 is 11.6 Å². The monoisotopic (exact) mass is 309 g/mol. The third-order valence-corrected chi connectivity index (χ3v) is 3.75. The quantitative estimate of drug-likeness (QED) is 0.825. The number of hydrogen-bond acceptors (Lipinski definition) is 1. The van der Waals surface area contributed by atoms with Crippen molar-refractivity contribution >= 4 is 11.6 Å². The minimum Gasteiger partial charge on any atom is -0.316 e. The molecule has 2 rings (SSSR count). The van der Waals surface area contributed by atoms with E-state index in [0.29, 0.717) is 18.5 Å². The summed E-state index contributed by atoms with van der Waals surface area (Å²) < 4.78 is 27.5. The highest BCUT2D eigenvalue weighted by Crippen LogP contribution is 2.25. The Hall–Kier alpha value is -1.45. The number of hydrogen-bond donors (Lipinski definition) is 1. The van der Waals surface area contributed by atoms with Crippen LogP contribution in [0.1, 0.15) is 24.0 Å². The second-order valence-electron chi connectivity index (χ2n) is 4.98. The van der Waals surface area contributed by atoms with E-state index in [9.17, 15) is 8.78 Å². The minimum atomic E-state index is -0.392. The maximum Gasteiger partial charge on any atom is 0.144 e. The molecule has 0 saturated carbocycles. The van der Waals surface area contributed by atoms with Gasteiger partial charge in [-0.15, -0.1) is 0 Å². The molecular weight excluding hydrogens is 292 g/mol. The van der Waals surface area contributed by atoms with Gasteiger partial charge in [-0.05, 0) is 42.3 Å². The van der Waals surface area contributed by atoms with Gasteiger partial charge in [0, 0.05) is 12.5 Å². The summed E-state index contributed by atoms with van der Waals surface area (Å²) in [5.74, 6) is -0.675. The van der Waals surface area contributed by atoms with Crippen molar-refractivity contribution in [2.75, 3.05) is 13.1 Å². The normalized spacial score (nSPS) is 12.4. The minimum absolute atomic E-state index is 0.00591. The molecule has 2 aromatic rings. The Morgan fingerprint density at radius 3 is 2.62 bits per heavy atom. The number of halogens is 3. The third-order valence-electron chi connectivity index (χ3n) is 3.46. The van der Waals surface area contributed by atoms with E-state index < -0.39 is 5.82 Å². The topological polar surface area (TPSA) is 12.0 Å². The van der Waals surface area contributed by atoms with Gasteiger partial charge in [-0.2, -0.15) is 0 Å². The zero-order chi connectivity index (χ0) is 15.2. The molecule has 0 aliphatic heterocycles. The Balaban J connectivity index is 2.26. The van der Waals surface area contributed by atoms with Crippen LogP contribution in [-0.4, -0.2) is 13.1 Å². The number of rotatable bonds is 6. The lowest BCUT2D eigenvalue weighted by Gasteiger charge is -2.18. The lowest BCUT2D eigenvalue weighted by Crippen LogP contribution is -2.23. The summed E-state index contributed by atoms with van der Waals surface area (Å²) in [6, 6.07) is 11.4. The summed E-state index contributed by atoms with van der Waals surface area (Å²) in [5, 5.41) is 3.36. The van der Waals surface area contributed by atoms with Crippen molar-refractivity contribution in [3.63, 3.8) is 0 Å². The van der Waals surface area contributed by atoms with E-state index in [1.807, 2.05) is 13.0 Å². The van der Waals surface area contributed by atoms with Gasteiger partial charge in [0.1, 0.15) is 11.6 Å². The maximum atomic E-state index is 14.1. The Bertz CT molecular complexity index is 601. The molecule has 1 N–H and O–H groups in total. The molecule has 0 radical (unpaired) electrons. The SMILES string of the molecule is CCNCC(Cc1cccc(Cl)c1F)c1cccc(F)c1. The maximum absolute atomic E-state index is 14.1. The average Bonchev–Trinajstić information content (AvgIpc) is 2.47. The van der Waals surface area contributed by atoms with E-state index in [0.717, 1.165) is 12.1 Å². The molecule has 1 unspecified atom stereocenters. The van der Waals surface area contributed by atoms with Crippen LogP contribution in [0.2, 0.25) is 5.02 Å². The zero-order valence-electron chi connectivity index (χ0n) is 11.9. The molecule has 1 nitrogen and oxygen atoms in total. The van der Waals surface area contributed by atoms with Crippen LogP contribution in [0.25, 0.3) is 0 Å². The molecule has 1 atom stereocenters. The third kappa shape index (κ3) is 4.26. The first-order chi connectivity index (χ1) is 10.1. The summed E-state index contributed by atoms with van der Waals surface area (Å²) in [6.45, 7) is 3.47. The van der Waals surface area contributed by atoms with E-state index >= 15 is 0 Å². The summed E-state index contributed by atoms with van der Waals surface area (Å²) in [6.07, 6.45) is 0.475. The van der Waals surface area contributed by atoms with Gasteiger partial charge < -0.3 is 5.32 Å². The van der Waals surface area contributed by atoms with Crippen molar-refractivity contribution in [2.24, 2.45) is 0 Å². The fourth-order valence-corrected chi connectivity index (χ4v) is 2.55. The first kappa shape index (κ1) is 15.9. The van der Waals surface area contributed by atoms with Crippen LogP contribution in [0, 0.1) is 11.6 Å². The van der Waals surface area contributed by atoms with Gasteiger partial charge in [0.25, 0.3) is 0 Å². The smallest absolute Gasteiger partial charge is 0.144 e. The van der Waals surface area contributed by atoms with E-state index in [4.69, 9.17) is 11.6 Å². The molecule has 0 aromatic heterocycles. The Kier molecular flexibility index (Phi) is 5.71. The average molecular weight is 310 g/mol. The van der Waals surface area contributed by atoms with Crippen LogP contribution < -0.4 is 5.32 Å². The van der Waals surface area contributed by atoms with Gasteiger partial charge in [-0.1, -0.05) is 42.8 Å². The molecule has 0 bridgehead atoms. The highest BCUT2D eigenvalue weighted by molar-refractivity contribution is 6.30. The van der Waals surface area contributed by atoms with Crippen molar-refractivity contribution in [3.8, 4) is 0 Å². The van der Waals surface area contributed by atoms with Crippen LogP contribution in [0.15, 0.2) is 42.5 Å². The highest BCUT2D eigenvalue weighted by atomic mass is 35.5. The molecule has 0 spiro atoms. The lowest BCUT2D eigenvalue weighted by molar-refractivity contribution is 0.557. The molecule has 4 heteroatoms. The molecular formula is C17H18ClF2N. The summed E-state index contributed by atoms with van der Waals surface area (Å²) in [7, 11) is 0. The number of nitrogens with one attached hydrogen (secondary N) is 1. The Labute approximate surface area is 128 Å². The van der Waals surface area contributed by atoms with Crippen LogP contribution in [0.4, 0.5) is 8.78 Å². The van der Waals surface area contributed by atoms with Gasteiger partial charge in [0.15, 0.2) is 0 Å². The van der Waals surface area contributed by atoms with Gasteiger partial charge in [0.2, 0.25) is 0 Å². The molecule has 0 aliphatic carbocycles. The molecule has 0 amide bonds. The predicted octanol–water partition coefficient (Wildman–Crippen LogP) is 4.55. The van der Waals surface area contributed by atoms with Crippen molar-refractivity contribution in [1.29, 1.82) is 0 Å². The van der Waals surface area contributed by atoms with Gasteiger partial charge >= 0.3 is 0 Å². The van der Waals surface area contributed by atoms with Crippen molar-refractivity contribution < 1.29 is 8.78 Å². The molecule has 2 aromatic carbocycles. The second kappa shape index (κ2) is 7.53. The van der Waals surface area contributed by atoms with Crippen molar-refractivity contribution in [3.05, 3.63) is 70.2 Å². The van der Waals surface area contributed by atoms with Crippen LogP contribution in [0.3, 0.4) is 0 Å². The summed E-state index contributed by atoms with van der Waals surface area (Å²) in [5.41, 5.74) is 1.41. The predicted molar refractivity (Wildman–Crippen MR) is 82.8 cm³/mol. The molecule has 0 saturated heterocycles. The zero-order valence-corrected chi connectivity index (χ0v) is 12.6. The van der Waals surface area contributed by atoms with Crippen molar-refractivity contribution in [2.45, 2.75) is 19.3 Å². The van der Waals surface area contributed by atoms with E-state index in [2.05, 4.69) is 5.32 Å². The molecule has 0 fully saturated rings. The largest absolute Gasteiger partial charge is 0.316 e. The van der Waals surface area contributed by atoms with Gasteiger partial charge in [0.05, 0.1) is 5.02 Å². The van der Waals surface area contributed by atoms with Gasteiger partial charge in [-0.3, -0.25) is 0 Å². The molecule has 112 valence electrons.